The molecule has 4 aromatic carbocycles. The van der Waals surface area contributed by atoms with Gasteiger partial charge in [-0.1, -0.05) is 111 Å². The smallest absolute Gasteiger partial charge is 0.251 e. The fraction of sp³-hybridized carbons (Fsp3) is 0.300. The maximum Gasteiger partial charge on any atom is 0.251 e. The summed E-state index contributed by atoms with van der Waals surface area (Å²) in [5.41, 5.74) is 4.80. The molecule has 3 atom stereocenters. The number of aliphatic hydroxyl groups is 1. The van der Waals surface area contributed by atoms with Crippen LogP contribution in [0.4, 0.5) is 5.69 Å². The number of aliphatic hydroxyl groups excluding tert-OH is 1. The molecule has 2 amide bonds. The van der Waals surface area contributed by atoms with E-state index in [1.165, 1.54) is 30.8 Å². The molecule has 0 radical (unpaired) electrons. The number of hydrogen-bond acceptors (Lipinski definition) is 7. The number of rotatable bonds is 13. The Morgan fingerprint density at radius 2 is 1.44 bits per heavy atom. The van der Waals surface area contributed by atoms with Crippen LogP contribution >= 0.6 is 0 Å². The van der Waals surface area contributed by atoms with Gasteiger partial charge in [-0.05, 0) is 53.6 Å². The van der Waals surface area contributed by atoms with Gasteiger partial charge < -0.3 is 15.7 Å². The quantitative estimate of drug-likeness (QED) is 0.145. The van der Waals surface area contributed by atoms with Crippen LogP contribution in [0.3, 0.4) is 0 Å². The fourth-order valence-corrected chi connectivity index (χ4v) is 6.22. The lowest BCUT2D eigenvalue weighted by molar-refractivity contribution is 0.0779. The summed E-state index contributed by atoms with van der Waals surface area (Å²) in [6.07, 6.45) is 1.98. The second-order valence-electron chi connectivity index (χ2n) is 14.1. The summed E-state index contributed by atoms with van der Waals surface area (Å²) in [5.74, 6) is -1.07. The molecule has 11 nitrogen and oxygen atoms in total. The van der Waals surface area contributed by atoms with E-state index in [2.05, 4.69) is 53.8 Å². The average Bonchev–Trinajstić information content (AvgIpc) is 3.59. The van der Waals surface area contributed by atoms with Crippen LogP contribution in [0.25, 0.3) is 11.3 Å². The van der Waals surface area contributed by atoms with Gasteiger partial charge >= 0.3 is 0 Å². The van der Waals surface area contributed by atoms with Crippen molar-refractivity contribution >= 4 is 27.5 Å². The van der Waals surface area contributed by atoms with Crippen LogP contribution in [-0.4, -0.2) is 65.8 Å². The molecule has 0 saturated carbocycles. The van der Waals surface area contributed by atoms with Crippen molar-refractivity contribution in [3.05, 3.63) is 137 Å². The number of sulfonamides is 1. The summed E-state index contributed by atoms with van der Waals surface area (Å²) in [6, 6.07) is 30.1. The van der Waals surface area contributed by atoms with Gasteiger partial charge in [-0.2, -0.15) is 0 Å². The van der Waals surface area contributed by atoms with Crippen LogP contribution in [0.2, 0.25) is 0 Å². The minimum Gasteiger partial charge on any atom is -0.389 e. The van der Waals surface area contributed by atoms with Gasteiger partial charge in [0.05, 0.1) is 42.9 Å². The van der Waals surface area contributed by atoms with Crippen molar-refractivity contribution in [3.63, 3.8) is 0 Å². The van der Waals surface area contributed by atoms with Gasteiger partial charge in [-0.3, -0.25) is 13.9 Å². The third kappa shape index (κ3) is 9.71. The second-order valence-corrected chi connectivity index (χ2v) is 16.1. The van der Waals surface area contributed by atoms with E-state index in [0.717, 1.165) is 27.3 Å². The summed E-state index contributed by atoms with van der Waals surface area (Å²) < 4.78 is 27.6. The highest BCUT2D eigenvalue weighted by atomic mass is 32.2. The van der Waals surface area contributed by atoms with Gasteiger partial charge in [-0.25, -0.2) is 13.1 Å². The Balaban J connectivity index is 1.40. The number of nitrogens with one attached hydrogen (secondary N) is 2. The zero-order valence-electron chi connectivity index (χ0n) is 30.3. The summed E-state index contributed by atoms with van der Waals surface area (Å²) >= 11 is 0. The Morgan fingerprint density at radius 3 is 2.02 bits per heavy atom. The molecule has 5 aromatic rings. The lowest BCUT2D eigenvalue weighted by Crippen LogP contribution is -2.46. The molecular formula is C40H46N6O5S. The maximum atomic E-state index is 14.0. The Kier molecular flexibility index (Phi) is 11.6. The highest BCUT2D eigenvalue weighted by Gasteiger charge is 2.26. The van der Waals surface area contributed by atoms with Crippen LogP contribution in [0, 0.1) is 0 Å². The number of benzene rings is 4. The van der Waals surface area contributed by atoms with E-state index in [1.54, 1.807) is 10.9 Å². The molecule has 0 unspecified atom stereocenters. The number of aromatic nitrogens is 3. The number of carbonyl (C=O) groups is 2. The maximum absolute atomic E-state index is 14.0. The molecule has 52 heavy (non-hydrogen) atoms. The molecule has 272 valence electrons. The summed E-state index contributed by atoms with van der Waals surface area (Å²) in [7, 11) is -2.38. The van der Waals surface area contributed by atoms with E-state index in [1.807, 2.05) is 79.7 Å². The third-order valence-corrected chi connectivity index (χ3v) is 10.2. The molecule has 0 aliphatic carbocycles. The van der Waals surface area contributed by atoms with Crippen molar-refractivity contribution in [2.24, 2.45) is 0 Å². The van der Waals surface area contributed by atoms with Crippen molar-refractivity contribution in [2.45, 2.75) is 64.3 Å². The molecule has 0 fully saturated rings. The lowest BCUT2D eigenvalue weighted by Gasteiger charge is -2.25. The highest BCUT2D eigenvalue weighted by Crippen LogP contribution is 2.26. The van der Waals surface area contributed by atoms with Gasteiger partial charge in [0, 0.05) is 23.7 Å². The summed E-state index contributed by atoms with van der Waals surface area (Å²) in [5, 5.41) is 26.0. The topological polar surface area (TPSA) is 147 Å². The molecule has 0 aliphatic rings. The van der Waals surface area contributed by atoms with Crippen molar-refractivity contribution < 1.29 is 23.1 Å². The standard InChI is InChI=1S/C40H46N6O5S/c1-27(29-15-11-8-12-16-29)41-38(48)31-22-32(24-34(23-31)45(5)52(6,50)51)39(49)42-35(21-28-13-9-7-10-14-28)37(47)26-46-25-36(43-44-46)30-17-19-33(20-18-30)40(2,3)4/h7-20,22-25,27,35,37,47H,21,26H2,1-6H3,(H,41,48)(H,42,49)/t27-,35+,37+/m1/s1. The predicted octanol–water partition coefficient (Wildman–Crippen LogP) is 5.53. The molecule has 1 aromatic heterocycles. The first kappa shape index (κ1) is 37.9. The second kappa shape index (κ2) is 15.9. The van der Waals surface area contributed by atoms with Crippen LogP contribution in [0.15, 0.2) is 109 Å². The third-order valence-electron chi connectivity index (χ3n) is 8.99. The van der Waals surface area contributed by atoms with Crippen LogP contribution in [-0.2, 0) is 28.4 Å². The molecule has 0 saturated heterocycles. The van der Waals surface area contributed by atoms with Gasteiger partial charge in [0.15, 0.2) is 0 Å². The van der Waals surface area contributed by atoms with E-state index in [4.69, 9.17) is 0 Å². The lowest BCUT2D eigenvalue weighted by atomic mass is 9.86. The summed E-state index contributed by atoms with van der Waals surface area (Å²) in [6.45, 7) is 8.32. The molecule has 5 rings (SSSR count). The molecule has 1 heterocycles. The number of nitrogens with zero attached hydrogens (tertiary/aromatic N) is 4. The molecule has 12 heteroatoms. The van der Waals surface area contributed by atoms with E-state index >= 15 is 0 Å². The zero-order chi connectivity index (χ0) is 37.6. The number of carbonyl (C=O) groups excluding carboxylic acids is 2. The monoisotopic (exact) mass is 722 g/mol. The van der Waals surface area contributed by atoms with Gasteiger partial charge in [0.25, 0.3) is 11.8 Å². The number of anilines is 1. The van der Waals surface area contributed by atoms with Crippen molar-refractivity contribution in [1.82, 2.24) is 25.6 Å². The predicted molar refractivity (Wildman–Crippen MR) is 204 cm³/mol. The van der Waals surface area contributed by atoms with Gasteiger partial charge in [-0.15, -0.1) is 5.10 Å². The number of amides is 2. The van der Waals surface area contributed by atoms with E-state index in [9.17, 15) is 23.1 Å². The van der Waals surface area contributed by atoms with Gasteiger partial charge in [0.1, 0.15) is 5.69 Å². The average molecular weight is 723 g/mol. The minimum atomic E-state index is -3.73. The van der Waals surface area contributed by atoms with Crippen molar-refractivity contribution in [3.8, 4) is 11.3 Å². The summed E-state index contributed by atoms with van der Waals surface area (Å²) in [4.78, 5) is 27.5. The number of hydrogen-bond donors (Lipinski definition) is 3. The van der Waals surface area contributed by atoms with E-state index < -0.39 is 34.0 Å². The molecule has 0 bridgehead atoms. The molecule has 3 N–H and O–H groups in total. The molecular weight excluding hydrogens is 677 g/mol. The van der Waals surface area contributed by atoms with E-state index in [0.29, 0.717) is 5.69 Å². The van der Waals surface area contributed by atoms with Crippen LogP contribution in [0.5, 0.6) is 0 Å². The van der Waals surface area contributed by atoms with Crippen LogP contribution in [0.1, 0.15) is 71.1 Å². The largest absolute Gasteiger partial charge is 0.389 e. The zero-order valence-corrected chi connectivity index (χ0v) is 31.1. The molecule has 0 spiro atoms. The Bertz CT molecular complexity index is 2100. The Morgan fingerprint density at radius 1 is 0.865 bits per heavy atom. The SMILES string of the molecule is C[C@@H](NC(=O)c1cc(C(=O)N[C@@H](Cc2ccccc2)[C@@H](O)Cn2cc(-c3ccc(C(C)(C)C)cc3)nn2)cc(N(C)S(C)(=O)=O)c1)c1ccccc1. The van der Waals surface area contributed by atoms with Gasteiger partial charge in [0.2, 0.25) is 10.0 Å². The highest BCUT2D eigenvalue weighted by molar-refractivity contribution is 7.92. The minimum absolute atomic E-state index is 0.0122. The fourth-order valence-electron chi connectivity index (χ4n) is 5.73. The normalized spacial score (nSPS) is 13.5. The van der Waals surface area contributed by atoms with Crippen molar-refractivity contribution in [2.75, 3.05) is 17.6 Å². The first-order chi connectivity index (χ1) is 24.6. The molecule has 0 aliphatic heterocycles. The Hall–Kier alpha value is -5.33. The van der Waals surface area contributed by atoms with E-state index in [-0.39, 0.29) is 41.2 Å². The Labute approximate surface area is 305 Å². The van der Waals surface area contributed by atoms with Crippen molar-refractivity contribution in [1.29, 1.82) is 0 Å². The first-order valence-electron chi connectivity index (χ1n) is 17.1. The first-order valence-corrected chi connectivity index (χ1v) is 18.9. The van der Waals surface area contributed by atoms with Crippen LogP contribution < -0.4 is 14.9 Å².